The molecule has 1 aromatic carbocycles. The van der Waals surface area contributed by atoms with Gasteiger partial charge >= 0.3 is 11.9 Å². The molecule has 2 N–H and O–H groups in total. The van der Waals surface area contributed by atoms with Crippen molar-refractivity contribution >= 4 is 34.7 Å². The van der Waals surface area contributed by atoms with Gasteiger partial charge in [0.2, 0.25) is 5.43 Å². The lowest BCUT2D eigenvalue weighted by Crippen LogP contribution is -2.52. The summed E-state index contributed by atoms with van der Waals surface area (Å²) in [6.07, 6.45) is -2.45. The number of aryl methyl sites for hydroxylation is 1. The molecule has 1 aromatic heterocycles. The van der Waals surface area contributed by atoms with E-state index in [1.165, 1.54) is 7.11 Å². The van der Waals surface area contributed by atoms with Crippen LogP contribution >= 0.6 is 11.8 Å². The highest BCUT2D eigenvalue weighted by molar-refractivity contribution is 8.00. The topological polar surface area (TPSA) is 133 Å². The van der Waals surface area contributed by atoms with Crippen molar-refractivity contribution in [2.24, 2.45) is 0 Å². The van der Waals surface area contributed by atoms with Gasteiger partial charge in [0.25, 0.3) is 0 Å². The molecule has 3 atom stereocenters. The fraction of sp³-hybridized carbons (Fsp3) is 0.450. The largest absolute Gasteiger partial charge is 0.496 e. The van der Waals surface area contributed by atoms with E-state index in [9.17, 15) is 24.6 Å². The number of rotatable bonds is 6. The first kappa shape index (κ1) is 22.1. The van der Waals surface area contributed by atoms with Crippen LogP contribution in [0.15, 0.2) is 26.4 Å². The van der Waals surface area contributed by atoms with Crippen LogP contribution in [0.1, 0.15) is 17.5 Å². The van der Waals surface area contributed by atoms with Gasteiger partial charge in [-0.2, -0.15) is 0 Å². The minimum Gasteiger partial charge on any atom is -0.496 e. The summed E-state index contributed by atoms with van der Waals surface area (Å²) in [5, 5.41) is 20.7. The number of thioether (sulfide) groups is 1. The maximum atomic E-state index is 13.1. The SMILES string of the molecule is COC(=O)[C@H](O)C[C@](O)(C(=O)OC)[C@@H]1Cc2c(oc3cc(C)cc(OC)c3c2=O)S1. The van der Waals surface area contributed by atoms with Gasteiger partial charge < -0.3 is 28.8 Å². The van der Waals surface area contributed by atoms with Crippen molar-refractivity contribution < 1.29 is 38.4 Å². The summed E-state index contributed by atoms with van der Waals surface area (Å²) in [6, 6.07) is 3.41. The summed E-state index contributed by atoms with van der Waals surface area (Å²) in [4.78, 5) is 37.2. The Kier molecular flexibility index (Phi) is 6.11. The van der Waals surface area contributed by atoms with E-state index in [2.05, 4.69) is 4.74 Å². The van der Waals surface area contributed by atoms with Crippen molar-refractivity contribution in [3.63, 3.8) is 0 Å². The molecule has 2 heterocycles. The first-order valence-electron chi connectivity index (χ1n) is 9.04. The molecule has 3 rings (SSSR count). The number of carbonyl (C=O) groups is 2. The van der Waals surface area contributed by atoms with Crippen LogP contribution in [0.5, 0.6) is 5.75 Å². The van der Waals surface area contributed by atoms with Crippen LogP contribution in [-0.2, 0) is 25.5 Å². The molecule has 162 valence electrons. The Morgan fingerprint density at radius 1 is 1.30 bits per heavy atom. The summed E-state index contributed by atoms with van der Waals surface area (Å²) in [7, 11) is 3.60. The van der Waals surface area contributed by atoms with Crippen molar-refractivity contribution in [3.05, 3.63) is 33.5 Å². The van der Waals surface area contributed by atoms with Crippen LogP contribution < -0.4 is 10.2 Å². The molecule has 0 spiro atoms. The second kappa shape index (κ2) is 8.29. The van der Waals surface area contributed by atoms with Gasteiger partial charge in [-0.25, -0.2) is 9.59 Å². The number of benzene rings is 1. The maximum absolute atomic E-state index is 13.1. The van der Waals surface area contributed by atoms with Crippen molar-refractivity contribution in [2.75, 3.05) is 21.3 Å². The molecule has 0 fully saturated rings. The monoisotopic (exact) mass is 438 g/mol. The van der Waals surface area contributed by atoms with Crippen LogP contribution in [0.25, 0.3) is 11.0 Å². The summed E-state index contributed by atoms with van der Waals surface area (Å²) >= 11 is 0.975. The number of hydrogen-bond acceptors (Lipinski definition) is 10. The predicted molar refractivity (Wildman–Crippen MR) is 107 cm³/mol. The Balaban J connectivity index is 2.05. The average molecular weight is 438 g/mol. The maximum Gasteiger partial charge on any atom is 0.339 e. The van der Waals surface area contributed by atoms with E-state index < -0.39 is 35.3 Å². The van der Waals surface area contributed by atoms with Gasteiger partial charge in [-0.15, -0.1) is 0 Å². The number of ether oxygens (including phenoxy) is 3. The van der Waals surface area contributed by atoms with Crippen molar-refractivity contribution in [3.8, 4) is 5.75 Å². The van der Waals surface area contributed by atoms with Gasteiger partial charge in [-0.1, -0.05) is 11.8 Å². The molecule has 0 saturated heterocycles. The highest BCUT2D eigenvalue weighted by Crippen LogP contribution is 2.44. The lowest BCUT2D eigenvalue weighted by Gasteiger charge is -2.31. The quantitative estimate of drug-likeness (QED) is 0.628. The van der Waals surface area contributed by atoms with E-state index in [4.69, 9.17) is 13.9 Å². The average Bonchev–Trinajstić information content (AvgIpc) is 3.16. The standard InChI is InChI=1S/C20H22O9S/c1-9-5-12(26-2)15-13(6-9)29-18-10(16(15)22)7-14(30-18)20(25,19(24)28-4)8-11(21)17(23)27-3/h5-6,11,14,21,25H,7-8H2,1-4H3/t11-,14+,20-/m1/s1. The Labute approximate surface area is 175 Å². The Morgan fingerprint density at radius 3 is 2.60 bits per heavy atom. The van der Waals surface area contributed by atoms with E-state index in [0.717, 1.165) is 31.5 Å². The zero-order valence-corrected chi connectivity index (χ0v) is 17.7. The number of aliphatic hydroxyl groups is 2. The van der Waals surface area contributed by atoms with Gasteiger partial charge in [0.1, 0.15) is 16.7 Å². The van der Waals surface area contributed by atoms with E-state index in [0.29, 0.717) is 11.3 Å². The lowest BCUT2D eigenvalue weighted by atomic mass is 9.88. The first-order valence-corrected chi connectivity index (χ1v) is 9.91. The third kappa shape index (κ3) is 3.66. The van der Waals surface area contributed by atoms with Crippen LogP contribution in [-0.4, -0.2) is 60.4 Å². The van der Waals surface area contributed by atoms with Crippen molar-refractivity contribution in [2.45, 2.75) is 41.8 Å². The van der Waals surface area contributed by atoms with Crippen LogP contribution in [0.2, 0.25) is 0 Å². The second-order valence-electron chi connectivity index (χ2n) is 7.01. The summed E-state index contributed by atoms with van der Waals surface area (Å²) in [5.74, 6) is -1.68. The number of fused-ring (bicyclic) bond motifs is 2. The molecule has 1 aliphatic heterocycles. The van der Waals surface area contributed by atoms with E-state index >= 15 is 0 Å². The minimum absolute atomic E-state index is 0.0329. The third-order valence-corrected chi connectivity index (χ3v) is 6.45. The fourth-order valence-electron chi connectivity index (χ4n) is 3.52. The van der Waals surface area contributed by atoms with Gasteiger partial charge in [0.05, 0.1) is 32.1 Å². The molecule has 0 aliphatic carbocycles. The molecule has 0 amide bonds. The third-order valence-electron chi connectivity index (χ3n) is 5.07. The van der Waals surface area contributed by atoms with Crippen LogP contribution in [0.4, 0.5) is 0 Å². The fourth-order valence-corrected chi connectivity index (χ4v) is 4.87. The van der Waals surface area contributed by atoms with Crippen molar-refractivity contribution in [1.29, 1.82) is 0 Å². The van der Waals surface area contributed by atoms with Gasteiger partial charge in [0, 0.05) is 6.42 Å². The normalized spacial score (nSPS) is 18.4. The van der Waals surface area contributed by atoms with E-state index in [1.807, 2.05) is 6.92 Å². The van der Waals surface area contributed by atoms with Gasteiger partial charge in [-0.05, 0) is 31.0 Å². The molecular weight excluding hydrogens is 416 g/mol. The molecule has 2 aromatic rings. The number of methoxy groups -OCH3 is 3. The van der Waals surface area contributed by atoms with Crippen molar-refractivity contribution in [1.82, 2.24) is 0 Å². The first-order chi connectivity index (χ1) is 14.2. The number of esters is 2. The summed E-state index contributed by atoms with van der Waals surface area (Å²) < 4.78 is 20.4. The molecule has 1 aliphatic rings. The molecule has 0 bridgehead atoms. The summed E-state index contributed by atoms with van der Waals surface area (Å²) in [6.45, 7) is 1.83. The van der Waals surface area contributed by atoms with E-state index in [1.54, 1.807) is 12.1 Å². The number of aliphatic hydroxyl groups excluding tert-OH is 1. The molecule has 9 nitrogen and oxygen atoms in total. The highest BCUT2D eigenvalue weighted by atomic mass is 32.2. The zero-order valence-electron chi connectivity index (χ0n) is 16.9. The van der Waals surface area contributed by atoms with Crippen LogP contribution in [0, 0.1) is 6.92 Å². The predicted octanol–water partition coefficient (Wildman–Crippen LogP) is 0.955. The van der Waals surface area contributed by atoms with Gasteiger partial charge in [0.15, 0.2) is 16.8 Å². The second-order valence-corrected chi connectivity index (χ2v) is 8.18. The molecule has 0 saturated carbocycles. The molecular formula is C20H22O9S. The Hall–Kier alpha value is -2.56. The smallest absolute Gasteiger partial charge is 0.339 e. The lowest BCUT2D eigenvalue weighted by molar-refractivity contribution is -0.169. The number of carbonyl (C=O) groups excluding carboxylic acids is 2. The number of hydrogen-bond donors (Lipinski definition) is 2. The molecule has 10 heteroatoms. The minimum atomic E-state index is -2.26. The molecule has 30 heavy (non-hydrogen) atoms. The zero-order chi connectivity index (χ0) is 22.2. The summed E-state index contributed by atoms with van der Waals surface area (Å²) in [5.41, 5.74) is -1.18. The molecule has 0 unspecified atom stereocenters. The van der Waals surface area contributed by atoms with Crippen LogP contribution in [0.3, 0.4) is 0 Å². The van der Waals surface area contributed by atoms with Gasteiger partial charge in [-0.3, -0.25) is 4.79 Å². The molecule has 0 radical (unpaired) electrons. The Morgan fingerprint density at radius 2 is 2.00 bits per heavy atom. The van der Waals surface area contributed by atoms with E-state index in [-0.39, 0.29) is 27.9 Å². The Bertz CT molecular complexity index is 1060. The highest BCUT2D eigenvalue weighted by Gasteiger charge is 2.51.